The predicted molar refractivity (Wildman–Crippen MR) is 112 cm³/mol. The zero-order valence-electron chi connectivity index (χ0n) is 15.7. The summed E-state index contributed by atoms with van der Waals surface area (Å²) in [5.74, 6) is -0.341. The first-order valence-electron chi connectivity index (χ1n) is 9.05. The molecule has 0 heterocycles. The van der Waals surface area contributed by atoms with Crippen molar-refractivity contribution in [1.29, 1.82) is 0 Å². The number of amides is 2. The Balaban J connectivity index is 1.55. The van der Waals surface area contributed by atoms with Crippen LogP contribution in [0.5, 0.6) is 0 Å². The molecule has 0 radical (unpaired) electrons. The van der Waals surface area contributed by atoms with Gasteiger partial charge in [-0.3, -0.25) is 9.59 Å². The zero-order valence-corrected chi connectivity index (χ0v) is 15.7. The average Bonchev–Trinajstić information content (AvgIpc) is 2.72. The van der Waals surface area contributed by atoms with E-state index in [-0.39, 0.29) is 18.4 Å². The van der Waals surface area contributed by atoms with Crippen molar-refractivity contribution in [3.63, 3.8) is 0 Å². The molecule has 0 bridgehead atoms. The van der Waals surface area contributed by atoms with Gasteiger partial charge in [-0.15, -0.1) is 0 Å². The molecule has 6 nitrogen and oxygen atoms in total. The lowest BCUT2D eigenvalue weighted by Crippen LogP contribution is -2.27. The molecule has 0 atom stereocenters. The number of benzene rings is 3. The Bertz CT molecular complexity index is 972. The first kappa shape index (κ1) is 19.4. The van der Waals surface area contributed by atoms with E-state index < -0.39 is 0 Å². The number of ether oxygens (including phenoxy) is 1. The fraction of sp³-hybridized carbons (Fsp3) is 0.182. The molecule has 0 unspecified atom stereocenters. The van der Waals surface area contributed by atoms with Crippen LogP contribution in [0.15, 0.2) is 66.7 Å². The molecule has 3 aromatic carbocycles. The average molecular weight is 377 g/mol. The number of methoxy groups -OCH3 is 1. The third-order valence-corrected chi connectivity index (χ3v) is 4.20. The summed E-state index contributed by atoms with van der Waals surface area (Å²) in [5.41, 5.74) is 1.97. The number of hydrogen-bond donors (Lipinski definition) is 3. The normalized spacial score (nSPS) is 10.5. The van der Waals surface area contributed by atoms with Gasteiger partial charge >= 0.3 is 0 Å². The van der Waals surface area contributed by atoms with Crippen molar-refractivity contribution in [2.24, 2.45) is 0 Å². The van der Waals surface area contributed by atoms with Crippen molar-refractivity contribution < 1.29 is 14.3 Å². The van der Waals surface area contributed by atoms with Crippen LogP contribution >= 0.6 is 0 Å². The van der Waals surface area contributed by atoms with E-state index in [1.165, 1.54) is 0 Å². The summed E-state index contributed by atoms with van der Waals surface area (Å²) in [4.78, 5) is 24.3. The summed E-state index contributed by atoms with van der Waals surface area (Å²) in [6.07, 6.45) is 0. The summed E-state index contributed by atoms with van der Waals surface area (Å²) in [7, 11) is 1.58. The minimum Gasteiger partial charge on any atom is -0.383 e. The van der Waals surface area contributed by atoms with Gasteiger partial charge in [0.1, 0.15) is 0 Å². The topological polar surface area (TPSA) is 79.5 Å². The van der Waals surface area contributed by atoms with Gasteiger partial charge < -0.3 is 20.7 Å². The van der Waals surface area contributed by atoms with Gasteiger partial charge in [-0.05, 0) is 41.1 Å². The summed E-state index contributed by atoms with van der Waals surface area (Å²) in [6.45, 7) is 1.00. The number of anilines is 2. The number of hydrogen-bond acceptors (Lipinski definition) is 4. The van der Waals surface area contributed by atoms with E-state index in [9.17, 15) is 9.59 Å². The molecular weight excluding hydrogens is 354 g/mol. The van der Waals surface area contributed by atoms with E-state index in [4.69, 9.17) is 4.74 Å². The molecule has 3 rings (SSSR count). The van der Waals surface area contributed by atoms with Crippen LogP contribution in [0.25, 0.3) is 10.8 Å². The number of nitrogens with one attached hydrogen (secondary N) is 3. The highest BCUT2D eigenvalue weighted by Crippen LogP contribution is 2.18. The van der Waals surface area contributed by atoms with E-state index in [1.807, 2.05) is 48.5 Å². The first-order chi connectivity index (χ1) is 13.7. The van der Waals surface area contributed by atoms with Gasteiger partial charge in [0.15, 0.2) is 0 Å². The zero-order chi connectivity index (χ0) is 19.8. The molecule has 0 aliphatic rings. The lowest BCUT2D eigenvalue weighted by Gasteiger charge is -2.10. The van der Waals surface area contributed by atoms with Crippen LogP contribution in [-0.4, -0.2) is 38.6 Å². The van der Waals surface area contributed by atoms with E-state index in [0.717, 1.165) is 16.5 Å². The number of carbonyl (C=O) groups excluding carboxylic acids is 2. The van der Waals surface area contributed by atoms with Crippen LogP contribution in [0.3, 0.4) is 0 Å². The largest absolute Gasteiger partial charge is 0.383 e. The van der Waals surface area contributed by atoms with Gasteiger partial charge in [0.25, 0.3) is 5.91 Å². The SMILES string of the molecule is COCCNC(=O)c1cccc(NCC(=O)Nc2ccc3ccccc3c2)c1. The summed E-state index contributed by atoms with van der Waals surface area (Å²) in [6, 6.07) is 20.8. The summed E-state index contributed by atoms with van der Waals surface area (Å²) >= 11 is 0. The molecule has 3 N–H and O–H groups in total. The van der Waals surface area contributed by atoms with Crippen molar-refractivity contribution >= 4 is 34.0 Å². The first-order valence-corrected chi connectivity index (χ1v) is 9.05. The maximum absolute atomic E-state index is 12.2. The van der Waals surface area contributed by atoms with E-state index >= 15 is 0 Å². The number of fused-ring (bicyclic) bond motifs is 1. The smallest absolute Gasteiger partial charge is 0.251 e. The van der Waals surface area contributed by atoms with Crippen LogP contribution in [0.4, 0.5) is 11.4 Å². The fourth-order valence-corrected chi connectivity index (χ4v) is 2.79. The molecule has 0 aliphatic heterocycles. The Morgan fingerprint density at radius 1 is 0.893 bits per heavy atom. The van der Waals surface area contributed by atoms with E-state index in [0.29, 0.717) is 24.4 Å². The van der Waals surface area contributed by atoms with Gasteiger partial charge in [-0.25, -0.2) is 0 Å². The molecule has 0 aliphatic carbocycles. The highest BCUT2D eigenvalue weighted by molar-refractivity contribution is 5.97. The third-order valence-electron chi connectivity index (χ3n) is 4.20. The highest BCUT2D eigenvalue weighted by atomic mass is 16.5. The summed E-state index contributed by atoms with van der Waals surface area (Å²) < 4.78 is 4.92. The number of carbonyl (C=O) groups is 2. The van der Waals surface area contributed by atoms with Crippen LogP contribution in [0.1, 0.15) is 10.4 Å². The van der Waals surface area contributed by atoms with Crippen LogP contribution in [-0.2, 0) is 9.53 Å². The lowest BCUT2D eigenvalue weighted by molar-refractivity contribution is -0.114. The van der Waals surface area contributed by atoms with Gasteiger partial charge in [0.05, 0.1) is 13.2 Å². The molecule has 0 spiro atoms. The van der Waals surface area contributed by atoms with Gasteiger partial charge in [-0.2, -0.15) is 0 Å². The molecule has 0 saturated heterocycles. The maximum Gasteiger partial charge on any atom is 0.251 e. The monoisotopic (exact) mass is 377 g/mol. The maximum atomic E-state index is 12.2. The standard InChI is InChI=1S/C22H23N3O3/c1-28-12-11-23-22(27)18-7-4-8-19(14-18)24-15-21(26)25-20-10-9-16-5-2-3-6-17(16)13-20/h2-10,13-14,24H,11-12,15H2,1H3,(H,23,27)(H,25,26). The minimum atomic E-state index is -0.179. The number of rotatable bonds is 8. The Morgan fingerprint density at radius 3 is 2.54 bits per heavy atom. The van der Waals surface area contributed by atoms with Gasteiger partial charge in [0, 0.05) is 30.6 Å². The predicted octanol–water partition coefficient (Wildman–Crippen LogP) is 3.27. The second-order valence-corrected chi connectivity index (χ2v) is 6.29. The third kappa shape index (κ3) is 5.31. The Labute approximate surface area is 163 Å². The quantitative estimate of drug-likeness (QED) is 0.527. The van der Waals surface area contributed by atoms with Crippen LogP contribution in [0.2, 0.25) is 0 Å². The molecule has 0 fully saturated rings. The van der Waals surface area contributed by atoms with Crippen molar-refractivity contribution in [3.05, 3.63) is 72.3 Å². The Hall–Kier alpha value is -3.38. The van der Waals surface area contributed by atoms with E-state index in [1.54, 1.807) is 25.3 Å². The molecule has 28 heavy (non-hydrogen) atoms. The molecule has 2 amide bonds. The Kier molecular flexibility index (Phi) is 6.59. The summed E-state index contributed by atoms with van der Waals surface area (Å²) in [5, 5.41) is 10.9. The Morgan fingerprint density at radius 2 is 1.71 bits per heavy atom. The molecule has 144 valence electrons. The van der Waals surface area contributed by atoms with E-state index in [2.05, 4.69) is 16.0 Å². The molecule has 3 aromatic rings. The minimum absolute atomic E-state index is 0.0988. The van der Waals surface area contributed by atoms with Crippen molar-refractivity contribution in [1.82, 2.24) is 5.32 Å². The lowest BCUT2D eigenvalue weighted by atomic mass is 10.1. The van der Waals surface area contributed by atoms with Crippen molar-refractivity contribution in [3.8, 4) is 0 Å². The second-order valence-electron chi connectivity index (χ2n) is 6.29. The molecule has 0 aromatic heterocycles. The molecule has 0 saturated carbocycles. The van der Waals surface area contributed by atoms with Crippen molar-refractivity contribution in [2.75, 3.05) is 37.4 Å². The van der Waals surface area contributed by atoms with Crippen molar-refractivity contribution in [2.45, 2.75) is 0 Å². The van der Waals surface area contributed by atoms with Crippen LogP contribution < -0.4 is 16.0 Å². The molecule has 6 heteroatoms. The highest BCUT2D eigenvalue weighted by Gasteiger charge is 2.07. The van der Waals surface area contributed by atoms with Crippen LogP contribution in [0, 0.1) is 0 Å². The second kappa shape index (κ2) is 9.53. The fourth-order valence-electron chi connectivity index (χ4n) is 2.79. The molecular formula is C22H23N3O3. The van der Waals surface area contributed by atoms with Gasteiger partial charge in [0.2, 0.25) is 5.91 Å². The van der Waals surface area contributed by atoms with Gasteiger partial charge in [-0.1, -0.05) is 36.4 Å².